The molecule has 0 spiro atoms. The third-order valence-corrected chi connectivity index (χ3v) is 6.24. The maximum atomic E-state index is 13.4. The Balaban J connectivity index is 1.18. The molecule has 6 nitrogen and oxygen atoms in total. The number of anilines is 1. The minimum atomic E-state index is -0.831. The second kappa shape index (κ2) is 8.49. The number of carbonyl (C=O) groups is 1. The van der Waals surface area contributed by atoms with Crippen molar-refractivity contribution >= 4 is 11.9 Å². The van der Waals surface area contributed by atoms with Gasteiger partial charge in [0, 0.05) is 44.3 Å². The van der Waals surface area contributed by atoms with Gasteiger partial charge in [0.25, 0.3) is 5.91 Å². The number of nitrogens with zero attached hydrogens (tertiary/aromatic N) is 4. The lowest BCUT2D eigenvalue weighted by Crippen LogP contribution is -2.26. The van der Waals surface area contributed by atoms with Gasteiger partial charge in [-0.15, -0.1) is 0 Å². The molecule has 160 valence electrons. The number of rotatable bonds is 5. The van der Waals surface area contributed by atoms with Gasteiger partial charge in [0.2, 0.25) is 5.95 Å². The van der Waals surface area contributed by atoms with Gasteiger partial charge < -0.3 is 15.1 Å². The van der Waals surface area contributed by atoms with Gasteiger partial charge >= 0.3 is 0 Å². The summed E-state index contributed by atoms with van der Waals surface area (Å²) in [6, 6.07) is 6.50. The molecule has 3 heterocycles. The average molecular weight is 420 g/mol. The summed E-state index contributed by atoms with van der Waals surface area (Å²) in [5.41, 5.74) is 5.58. The van der Waals surface area contributed by atoms with Crippen molar-refractivity contribution < 1.29 is 9.18 Å². The highest BCUT2D eigenvalue weighted by Crippen LogP contribution is 2.22. The summed E-state index contributed by atoms with van der Waals surface area (Å²) in [5, 5.41) is 2.96. The van der Waals surface area contributed by atoms with Crippen molar-refractivity contribution in [3.05, 3.63) is 76.8 Å². The first-order valence-corrected chi connectivity index (χ1v) is 10.9. The summed E-state index contributed by atoms with van der Waals surface area (Å²) in [6.07, 6.45) is 11.1. The fraction of sp³-hybridized carbons (Fsp3) is 0.375. The number of benzene rings is 1. The summed E-state index contributed by atoms with van der Waals surface area (Å²) >= 11 is 0. The fourth-order valence-corrected chi connectivity index (χ4v) is 4.33. The van der Waals surface area contributed by atoms with E-state index in [0.29, 0.717) is 37.6 Å². The second-order valence-electron chi connectivity index (χ2n) is 8.33. The van der Waals surface area contributed by atoms with Gasteiger partial charge in [0.15, 0.2) is 0 Å². The minimum Gasteiger partial charge on any atom is -0.371 e. The average Bonchev–Trinajstić information content (AvgIpc) is 3.09. The van der Waals surface area contributed by atoms with Crippen LogP contribution in [0.5, 0.6) is 0 Å². The molecule has 1 aromatic carbocycles. The number of hydrogen-bond acceptors (Lipinski definition) is 5. The van der Waals surface area contributed by atoms with Crippen molar-refractivity contribution in [3.63, 3.8) is 0 Å². The predicted octanol–water partition coefficient (Wildman–Crippen LogP) is 2.81. The summed E-state index contributed by atoms with van der Waals surface area (Å²) in [4.78, 5) is 25.2. The molecule has 2 aromatic rings. The van der Waals surface area contributed by atoms with Crippen LogP contribution in [-0.4, -0.2) is 53.1 Å². The quantitative estimate of drug-likeness (QED) is 0.808. The summed E-state index contributed by atoms with van der Waals surface area (Å²) in [7, 11) is 0. The zero-order valence-electron chi connectivity index (χ0n) is 17.4. The van der Waals surface area contributed by atoms with Crippen molar-refractivity contribution in [1.82, 2.24) is 20.2 Å². The SMILES string of the molecule is O=C(NCc1ccc2c(c1)CCN(C1=CC=C1)CC2)c1cnc(N2CCC(F)C2)nc1. The zero-order valence-corrected chi connectivity index (χ0v) is 17.4. The van der Waals surface area contributed by atoms with Crippen molar-refractivity contribution in [3.8, 4) is 0 Å². The van der Waals surface area contributed by atoms with Crippen molar-refractivity contribution in [2.24, 2.45) is 0 Å². The van der Waals surface area contributed by atoms with Crippen LogP contribution in [0, 0.1) is 0 Å². The molecule has 31 heavy (non-hydrogen) atoms. The first kappa shape index (κ1) is 19.7. The van der Waals surface area contributed by atoms with E-state index in [1.165, 1.54) is 29.2 Å². The summed E-state index contributed by atoms with van der Waals surface area (Å²) < 4.78 is 13.4. The van der Waals surface area contributed by atoms with Crippen LogP contribution in [0.4, 0.5) is 10.3 Å². The van der Waals surface area contributed by atoms with E-state index in [4.69, 9.17) is 0 Å². The van der Waals surface area contributed by atoms with Crippen molar-refractivity contribution in [1.29, 1.82) is 0 Å². The molecule has 1 aliphatic carbocycles. The first-order chi connectivity index (χ1) is 15.2. The number of fused-ring (bicyclic) bond motifs is 1. The number of allylic oxidation sites excluding steroid dienone is 3. The largest absolute Gasteiger partial charge is 0.371 e. The van der Waals surface area contributed by atoms with E-state index < -0.39 is 6.17 Å². The number of hydrogen-bond donors (Lipinski definition) is 1. The van der Waals surface area contributed by atoms with Crippen LogP contribution in [-0.2, 0) is 19.4 Å². The third-order valence-electron chi connectivity index (χ3n) is 6.24. The highest BCUT2D eigenvalue weighted by molar-refractivity contribution is 5.93. The van der Waals surface area contributed by atoms with Crippen LogP contribution < -0.4 is 10.2 Å². The van der Waals surface area contributed by atoms with Crippen LogP contribution in [0.25, 0.3) is 0 Å². The highest BCUT2D eigenvalue weighted by Gasteiger charge is 2.24. The topological polar surface area (TPSA) is 61.4 Å². The van der Waals surface area contributed by atoms with E-state index in [1.54, 1.807) is 4.90 Å². The molecule has 1 fully saturated rings. The monoisotopic (exact) mass is 419 g/mol. The number of aromatic nitrogens is 2. The van der Waals surface area contributed by atoms with Crippen molar-refractivity contribution in [2.75, 3.05) is 31.1 Å². The van der Waals surface area contributed by atoms with E-state index in [9.17, 15) is 9.18 Å². The molecular weight excluding hydrogens is 393 g/mol. The number of nitrogens with one attached hydrogen (secondary N) is 1. The van der Waals surface area contributed by atoms with E-state index in [0.717, 1.165) is 31.5 Å². The Hall–Kier alpha value is -3.22. The van der Waals surface area contributed by atoms with Crippen molar-refractivity contribution in [2.45, 2.75) is 32.0 Å². The molecule has 0 bridgehead atoms. The van der Waals surface area contributed by atoms with Gasteiger partial charge in [0.05, 0.1) is 12.1 Å². The standard InChI is InChI=1S/C24H26FN5O/c25-21-8-11-30(16-21)24-27-14-20(15-28-24)23(31)26-13-17-4-5-18-6-9-29(22-2-1-3-22)10-7-19(18)12-17/h1-5,12,14-15,21H,6-11,13,16H2,(H,26,31). The summed E-state index contributed by atoms with van der Waals surface area (Å²) in [5.74, 6) is 0.269. The summed E-state index contributed by atoms with van der Waals surface area (Å²) in [6.45, 7) is 3.44. The predicted molar refractivity (Wildman–Crippen MR) is 118 cm³/mol. The van der Waals surface area contributed by atoms with Crippen LogP contribution in [0.2, 0.25) is 0 Å². The van der Waals surface area contributed by atoms with Crippen LogP contribution in [0.15, 0.2) is 54.5 Å². The first-order valence-electron chi connectivity index (χ1n) is 10.9. The lowest BCUT2D eigenvalue weighted by atomic mass is 10.00. The fourth-order valence-electron chi connectivity index (χ4n) is 4.33. The second-order valence-corrected chi connectivity index (χ2v) is 8.33. The number of alkyl halides is 1. The Bertz CT molecular complexity index is 1030. The molecule has 1 saturated heterocycles. The maximum Gasteiger partial charge on any atom is 0.254 e. The Labute approximate surface area is 181 Å². The van der Waals surface area contributed by atoms with Crippen LogP contribution in [0.1, 0.15) is 33.5 Å². The third kappa shape index (κ3) is 4.31. The molecule has 1 N–H and O–H groups in total. The van der Waals surface area contributed by atoms with Gasteiger partial charge in [-0.2, -0.15) is 0 Å². The normalized spacial score (nSPS) is 20.0. The molecule has 1 aromatic heterocycles. The molecule has 7 heteroatoms. The molecule has 2 aliphatic heterocycles. The number of carbonyl (C=O) groups excluding carboxylic acids is 1. The minimum absolute atomic E-state index is 0.207. The Morgan fingerprint density at radius 3 is 2.55 bits per heavy atom. The van der Waals surface area contributed by atoms with Gasteiger partial charge in [0.1, 0.15) is 6.17 Å². The molecule has 1 atom stereocenters. The lowest BCUT2D eigenvalue weighted by Gasteiger charge is -2.26. The lowest BCUT2D eigenvalue weighted by molar-refractivity contribution is 0.0950. The van der Waals surface area contributed by atoms with E-state index in [-0.39, 0.29) is 5.91 Å². The highest BCUT2D eigenvalue weighted by atomic mass is 19.1. The maximum absolute atomic E-state index is 13.4. The number of halogens is 1. The van der Waals surface area contributed by atoms with E-state index in [1.807, 2.05) is 0 Å². The molecule has 1 unspecified atom stereocenters. The molecule has 1 amide bonds. The molecule has 0 saturated carbocycles. The molecule has 0 radical (unpaired) electrons. The molecule has 5 rings (SSSR count). The smallest absolute Gasteiger partial charge is 0.254 e. The van der Waals surface area contributed by atoms with Crippen LogP contribution in [0.3, 0.4) is 0 Å². The van der Waals surface area contributed by atoms with E-state index >= 15 is 0 Å². The molecular formula is C24H26FN5O. The van der Waals surface area contributed by atoms with Gasteiger partial charge in [-0.1, -0.05) is 24.3 Å². The van der Waals surface area contributed by atoms with Crippen LogP contribution >= 0.6 is 0 Å². The Kier molecular flexibility index (Phi) is 5.40. The van der Waals surface area contributed by atoms with Gasteiger partial charge in [-0.05, 0) is 48.1 Å². The number of amides is 1. The Morgan fingerprint density at radius 1 is 1.10 bits per heavy atom. The van der Waals surface area contributed by atoms with Gasteiger partial charge in [-0.25, -0.2) is 14.4 Å². The zero-order chi connectivity index (χ0) is 21.2. The Morgan fingerprint density at radius 2 is 1.87 bits per heavy atom. The van der Waals surface area contributed by atoms with Gasteiger partial charge in [-0.3, -0.25) is 4.79 Å². The molecule has 3 aliphatic rings. The van der Waals surface area contributed by atoms with E-state index in [2.05, 4.69) is 56.6 Å².